The van der Waals surface area contributed by atoms with E-state index in [2.05, 4.69) is 31.3 Å². The van der Waals surface area contributed by atoms with E-state index in [1.807, 2.05) is 13.8 Å². The number of hydrogen-bond acceptors (Lipinski definition) is 15. The highest BCUT2D eigenvalue weighted by Gasteiger charge is 2.46. The van der Waals surface area contributed by atoms with Crippen molar-refractivity contribution in [2.75, 3.05) is 11.9 Å². The van der Waals surface area contributed by atoms with Crippen molar-refractivity contribution in [3.05, 3.63) is 35.9 Å². The number of aliphatic hydroxyl groups is 2. The third kappa shape index (κ3) is 11.0. The standard InChI is InChI=1S/C31H43N8O14P/c1-14(2)9-19(37-29(47)16(4)35-28(46)15(3)34-22(40)7-8-23(41)42)30(48)36-18-5-6-20-17(10-18)11-50-54(49,53-20)51-12-21-24(43)25(44)31(52-21)39-13-33-27(38-39)26(32)45/h5-6,10,13-16,19,21,24-25,31,43-44H,7-9,11-12H2,1-4H3,(H2,32,45)(H,34,40)(H,35,46)(H,36,48)(H,37,47)(H,41,42). The van der Waals surface area contributed by atoms with E-state index < -0.39 is 99.0 Å². The number of aromatic nitrogens is 3. The number of nitrogens with two attached hydrogens (primary N) is 1. The van der Waals surface area contributed by atoms with Gasteiger partial charge in [0.2, 0.25) is 29.5 Å². The Morgan fingerprint density at radius 2 is 1.69 bits per heavy atom. The van der Waals surface area contributed by atoms with Gasteiger partial charge in [0.05, 0.1) is 19.6 Å². The Morgan fingerprint density at radius 3 is 2.33 bits per heavy atom. The Bertz CT molecular complexity index is 1790. The lowest BCUT2D eigenvalue weighted by atomic mass is 10.0. The molecule has 1 aromatic heterocycles. The zero-order chi connectivity index (χ0) is 39.9. The fraction of sp³-hybridized carbons (Fsp3) is 0.548. The molecule has 296 valence electrons. The van der Waals surface area contributed by atoms with Crippen LogP contribution in [0.5, 0.6) is 5.75 Å². The molecule has 2 aliphatic heterocycles. The minimum absolute atomic E-state index is 0.0337. The van der Waals surface area contributed by atoms with Crippen LogP contribution in [0.2, 0.25) is 0 Å². The van der Waals surface area contributed by atoms with Crippen LogP contribution in [-0.4, -0.2) is 109 Å². The van der Waals surface area contributed by atoms with Crippen LogP contribution in [0.25, 0.3) is 0 Å². The topological polar surface area (TPSA) is 322 Å². The summed E-state index contributed by atoms with van der Waals surface area (Å²) in [6.07, 6.45) is -4.92. The van der Waals surface area contributed by atoms with Crippen molar-refractivity contribution in [3.63, 3.8) is 0 Å². The molecule has 8 atom stereocenters. The number of carbonyl (C=O) groups excluding carboxylic acids is 5. The van der Waals surface area contributed by atoms with E-state index in [0.717, 1.165) is 11.0 Å². The van der Waals surface area contributed by atoms with Crippen LogP contribution in [0.1, 0.15) is 69.4 Å². The molecule has 9 N–H and O–H groups in total. The van der Waals surface area contributed by atoms with Crippen molar-refractivity contribution >= 4 is 49.0 Å². The lowest BCUT2D eigenvalue weighted by Crippen LogP contribution is -2.54. The Morgan fingerprint density at radius 1 is 1.00 bits per heavy atom. The molecular formula is C31H43N8O14P. The van der Waals surface area contributed by atoms with Gasteiger partial charge in [0, 0.05) is 17.7 Å². The van der Waals surface area contributed by atoms with Crippen LogP contribution in [0.15, 0.2) is 24.5 Å². The van der Waals surface area contributed by atoms with Crippen molar-refractivity contribution < 1.29 is 67.0 Å². The largest absolute Gasteiger partial charge is 0.530 e. The van der Waals surface area contributed by atoms with E-state index in [0.29, 0.717) is 5.56 Å². The van der Waals surface area contributed by atoms with Crippen molar-refractivity contribution in [1.82, 2.24) is 30.7 Å². The number of hydrogen-bond donors (Lipinski definition) is 8. The quantitative estimate of drug-likeness (QED) is 0.0899. The van der Waals surface area contributed by atoms with Gasteiger partial charge in [-0.05, 0) is 44.4 Å². The first-order valence-electron chi connectivity index (χ1n) is 16.7. The molecule has 0 aliphatic carbocycles. The summed E-state index contributed by atoms with van der Waals surface area (Å²) in [5, 5.41) is 43.6. The number of phosphoric ester groups is 1. The molecule has 0 spiro atoms. The Labute approximate surface area is 308 Å². The number of aliphatic hydroxyl groups excluding tert-OH is 2. The number of aliphatic carboxylic acids is 1. The van der Waals surface area contributed by atoms with Gasteiger partial charge < -0.3 is 51.6 Å². The van der Waals surface area contributed by atoms with Crippen LogP contribution in [-0.2, 0) is 48.9 Å². The SMILES string of the molecule is CC(C)CC(NC(=O)C(C)NC(=O)C(C)NC(=O)CCC(=O)O)C(=O)Nc1ccc2c(c1)COP(=O)(OCC1OC(n3cnc(C(N)=O)n3)C(O)C1O)O2. The molecule has 8 unspecified atom stereocenters. The van der Waals surface area contributed by atoms with Crippen molar-refractivity contribution in [2.45, 2.75) is 96.2 Å². The molecule has 2 aromatic rings. The highest BCUT2D eigenvalue weighted by molar-refractivity contribution is 7.49. The second kappa shape index (κ2) is 17.9. The summed E-state index contributed by atoms with van der Waals surface area (Å²) in [4.78, 5) is 76.4. The molecular weight excluding hydrogens is 739 g/mol. The van der Waals surface area contributed by atoms with E-state index in [4.69, 9.17) is 29.1 Å². The number of rotatable bonds is 17. The van der Waals surface area contributed by atoms with Gasteiger partial charge in [-0.1, -0.05) is 13.8 Å². The van der Waals surface area contributed by atoms with Crippen LogP contribution in [0.3, 0.4) is 0 Å². The number of phosphoric acid groups is 1. The van der Waals surface area contributed by atoms with E-state index in [1.54, 1.807) is 0 Å². The van der Waals surface area contributed by atoms with Gasteiger partial charge >= 0.3 is 13.8 Å². The zero-order valence-corrected chi connectivity index (χ0v) is 30.6. The maximum absolute atomic E-state index is 13.3. The fourth-order valence-corrected chi connectivity index (χ4v) is 6.44. The van der Waals surface area contributed by atoms with E-state index in [1.165, 1.54) is 32.0 Å². The molecule has 0 radical (unpaired) electrons. The molecule has 0 saturated carbocycles. The number of carboxylic acid groups (broad SMARTS) is 1. The number of benzene rings is 1. The molecule has 0 bridgehead atoms. The second-order valence-corrected chi connectivity index (χ2v) is 14.6. The van der Waals surface area contributed by atoms with Gasteiger partial charge in [-0.15, -0.1) is 5.10 Å². The second-order valence-electron chi connectivity index (χ2n) is 13.0. The van der Waals surface area contributed by atoms with Crippen molar-refractivity contribution in [3.8, 4) is 5.75 Å². The summed E-state index contributed by atoms with van der Waals surface area (Å²) >= 11 is 0. The number of carbonyl (C=O) groups is 6. The molecule has 3 heterocycles. The monoisotopic (exact) mass is 782 g/mol. The van der Waals surface area contributed by atoms with Crippen molar-refractivity contribution in [2.24, 2.45) is 11.7 Å². The van der Waals surface area contributed by atoms with Crippen LogP contribution in [0.4, 0.5) is 5.69 Å². The first-order valence-corrected chi connectivity index (χ1v) is 18.2. The summed E-state index contributed by atoms with van der Waals surface area (Å²) in [6.45, 7) is 5.65. The number of fused-ring (bicyclic) bond motifs is 1. The van der Waals surface area contributed by atoms with E-state index >= 15 is 0 Å². The smallest absolute Gasteiger partial charge is 0.481 e. The summed E-state index contributed by atoms with van der Waals surface area (Å²) in [7, 11) is -4.25. The van der Waals surface area contributed by atoms with Gasteiger partial charge in [0.25, 0.3) is 5.91 Å². The van der Waals surface area contributed by atoms with E-state index in [9.17, 15) is 43.5 Å². The average Bonchev–Trinajstić information content (AvgIpc) is 3.70. The number of primary amides is 1. The zero-order valence-electron chi connectivity index (χ0n) is 29.7. The molecule has 22 nitrogen and oxygen atoms in total. The Hall–Kier alpha value is -4.99. The van der Waals surface area contributed by atoms with E-state index in [-0.39, 0.29) is 42.6 Å². The summed E-state index contributed by atoms with van der Waals surface area (Å²) in [6, 6.07) is 1.19. The average molecular weight is 783 g/mol. The third-order valence-electron chi connectivity index (χ3n) is 8.07. The molecule has 2 aliphatic rings. The number of amides is 5. The van der Waals surface area contributed by atoms with Gasteiger partial charge in [0.1, 0.15) is 48.5 Å². The van der Waals surface area contributed by atoms with Crippen LogP contribution in [0, 0.1) is 5.92 Å². The Balaban J connectivity index is 1.30. The predicted molar refractivity (Wildman–Crippen MR) is 182 cm³/mol. The van der Waals surface area contributed by atoms with Gasteiger partial charge in [-0.25, -0.2) is 14.2 Å². The van der Waals surface area contributed by atoms with Crippen LogP contribution >= 0.6 is 7.82 Å². The van der Waals surface area contributed by atoms with Gasteiger partial charge in [0.15, 0.2) is 6.23 Å². The summed E-state index contributed by atoms with van der Waals surface area (Å²) < 4.78 is 36.1. The minimum Gasteiger partial charge on any atom is -0.481 e. The number of nitrogens with one attached hydrogen (secondary N) is 4. The van der Waals surface area contributed by atoms with Gasteiger partial charge in [-0.2, -0.15) is 0 Å². The number of carboxylic acids is 1. The van der Waals surface area contributed by atoms with Crippen molar-refractivity contribution in [1.29, 1.82) is 0 Å². The highest BCUT2D eigenvalue weighted by atomic mass is 31.2. The first-order chi connectivity index (χ1) is 25.3. The number of anilines is 1. The summed E-state index contributed by atoms with van der Waals surface area (Å²) in [5.41, 5.74) is 5.82. The first kappa shape index (κ1) is 41.8. The highest BCUT2D eigenvalue weighted by Crippen LogP contribution is 2.55. The fourth-order valence-electron chi connectivity index (χ4n) is 5.21. The lowest BCUT2D eigenvalue weighted by Gasteiger charge is -2.27. The Kier molecular flexibility index (Phi) is 13.8. The lowest BCUT2D eigenvalue weighted by molar-refractivity contribution is -0.139. The molecule has 4 rings (SSSR count). The predicted octanol–water partition coefficient (Wildman–Crippen LogP) is -0.926. The number of nitrogens with zero attached hydrogens (tertiary/aromatic N) is 3. The molecule has 1 saturated heterocycles. The molecule has 54 heavy (non-hydrogen) atoms. The molecule has 1 fully saturated rings. The molecule has 1 aromatic carbocycles. The maximum Gasteiger partial charge on any atom is 0.530 e. The molecule has 5 amide bonds. The van der Waals surface area contributed by atoms with Gasteiger partial charge in [-0.3, -0.25) is 37.8 Å². The molecule has 23 heteroatoms. The third-order valence-corrected chi connectivity index (χ3v) is 9.40. The summed E-state index contributed by atoms with van der Waals surface area (Å²) in [5.74, 6) is -4.92. The normalized spacial score (nSPS) is 23.6. The maximum atomic E-state index is 13.3. The number of ether oxygens (including phenoxy) is 1. The van der Waals surface area contributed by atoms with Crippen LogP contribution < -0.4 is 31.5 Å². The minimum atomic E-state index is -4.25.